The van der Waals surface area contributed by atoms with Crippen molar-refractivity contribution in [3.8, 4) is 6.07 Å². The smallest absolute Gasteiger partial charge is 0.177 e. The molecule has 120 valence electrons. The van der Waals surface area contributed by atoms with Crippen molar-refractivity contribution in [3.63, 3.8) is 0 Å². The molecule has 1 aliphatic rings. The molecule has 1 fully saturated rings. The molecule has 8 nitrogen and oxygen atoms in total. The first kappa shape index (κ1) is 14.4. The summed E-state index contributed by atoms with van der Waals surface area (Å²) in [6, 6.07) is 9.74. The normalized spacial score (nSPS) is 15.3. The second kappa shape index (κ2) is 6.12. The van der Waals surface area contributed by atoms with Crippen LogP contribution in [0.5, 0.6) is 0 Å². The summed E-state index contributed by atoms with van der Waals surface area (Å²) >= 11 is 0. The van der Waals surface area contributed by atoms with Crippen molar-refractivity contribution in [2.24, 2.45) is 0 Å². The van der Waals surface area contributed by atoms with Gasteiger partial charge in [-0.2, -0.15) is 9.78 Å². The third kappa shape index (κ3) is 2.72. The summed E-state index contributed by atoms with van der Waals surface area (Å²) in [6.07, 6.45) is 4.26. The lowest BCUT2D eigenvalue weighted by Gasteiger charge is -2.23. The molecule has 1 saturated heterocycles. The number of rotatable bonds is 2. The van der Waals surface area contributed by atoms with Gasteiger partial charge in [-0.05, 0) is 30.7 Å². The van der Waals surface area contributed by atoms with Crippen molar-refractivity contribution < 1.29 is 0 Å². The van der Waals surface area contributed by atoms with E-state index in [1.807, 2.05) is 24.3 Å². The topological polar surface area (TPSA) is 86.2 Å². The maximum atomic E-state index is 8.88. The Labute approximate surface area is 139 Å². The second-order valence-corrected chi connectivity index (χ2v) is 5.67. The molecule has 0 saturated carbocycles. The molecule has 0 bridgehead atoms. The largest absolute Gasteiger partial charge is 0.355 e. The Balaban J connectivity index is 1.50. The molecule has 0 unspecified atom stereocenters. The van der Waals surface area contributed by atoms with E-state index in [0.29, 0.717) is 5.56 Å². The Morgan fingerprint density at radius 1 is 0.958 bits per heavy atom. The third-order valence-corrected chi connectivity index (χ3v) is 4.17. The van der Waals surface area contributed by atoms with E-state index in [9.17, 15) is 0 Å². The highest BCUT2D eigenvalue weighted by molar-refractivity contribution is 5.47. The molecule has 24 heavy (non-hydrogen) atoms. The molecule has 0 amide bonds. The van der Waals surface area contributed by atoms with Crippen LogP contribution in [0.25, 0.3) is 5.65 Å². The zero-order valence-electron chi connectivity index (χ0n) is 13.1. The Morgan fingerprint density at radius 2 is 1.75 bits per heavy atom. The summed E-state index contributed by atoms with van der Waals surface area (Å²) in [7, 11) is 0. The Kier molecular flexibility index (Phi) is 3.67. The molecule has 0 aromatic carbocycles. The van der Waals surface area contributed by atoms with Gasteiger partial charge in [-0.3, -0.25) is 0 Å². The highest BCUT2D eigenvalue weighted by atomic mass is 15.4. The van der Waals surface area contributed by atoms with Crippen molar-refractivity contribution in [2.45, 2.75) is 6.42 Å². The first-order valence-corrected chi connectivity index (χ1v) is 7.86. The zero-order valence-corrected chi connectivity index (χ0v) is 13.1. The van der Waals surface area contributed by atoms with E-state index in [-0.39, 0.29) is 0 Å². The van der Waals surface area contributed by atoms with Crippen molar-refractivity contribution in [3.05, 3.63) is 42.4 Å². The van der Waals surface area contributed by atoms with Crippen molar-refractivity contribution in [1.82, 2.24) is 24.8 Å². The maximum Gasteiger partial charge on any atom is 0.177 e. The van der Waals surface area contributed by atoms with Gasteiger partial charge in [0.2, 0.25) is 0 Å². The van der Waals surface area contributed by atoms with Crippen molar-refractivity contribution in [1.29, 1.82) is 5.26 Å². The van der Waals surface area contributed by atoms with Crippen LogP contribution in [0.3, 0.4) is 0 Å². The monoisotopic (exact) mass is 320 g/mol. The molecule has 8 heteroatoms. The number of fused-ring (bicyclic) bond motifs is 1. The van der Waals surface area contributed by atoms with Crippen LogP contribution in [-0.4, -0.2) is 51.0 Å². The van der Waals surface area contributed by atoms with E-state index < -0.39 is 0 Å². The Bertz CT molecular complexity index is 879. The zero-order chi connectivity index (χ0) is 16.4. The van der Waals surface area contributed by atoms with Gasteiger partial charge < -0.3 is 9.80 Å². The van der Waals surface area contributed by atoms with Crippen LogP contribution in [0.15, 0.2) is 36.8 Å². The third-order valence-electron chi connectivity index (χ3n) is 4.17. The molecule has 4 heterocycles. The standard InChI is InChI=1S/C16H16N8/c17-10-13-2-3-14(18-11-13)22-6-1-7-23(9-8-22)16-5-4-15-20-19-12-24(15)21-16/h2-5,11-12H,1,6-9H2. The number of nitrogens with zero attached hydrogens (tertiary/aromatic N) is 8. The molecular weight excluding hydrogens is 304 g/mol. The summed E-state index contributed by atoms with van der Waals surface area (Å²) < 4.78 is 1.69. The van der Waals surface area contributed by atoms with Crippen LogP contribution in [0.1, 0.15) is 12.0 Å². The minimum atomic E-state index is 0.585. The van der Waals surface area contributed by atoms with E-state index >= 15 is 0 Å². The van der Waals surface area contributed by atoms with E-state index in [1.165, 1.54) is 0 Å². The van der Waals surface area contributed by atoms with Gasteiger partial charge in [-0.1, -0.05) is 0 Å². The Hall–Kier alpha value is -3.21. The quantitative estimate of drug-likeness (QED) is 0.699. The highest BCUT2D eigenvalue weighted by Crippen LogP contribution is 2.17. The molecule has 0 radical (unpaired) electrons. The van der Waals surface area contributed by atoms with E-state index in [1.54, 1.807) is 17.0 Å². The van der Waals surface area contributed by atoms with Crippen LogP contribution in [0, 0.1) is 11.3 Å². The minimum Gasteiger partial charge on any atom is -0.355 e. The van der Waals surface area contributed by atoms with Crippen LogP contribution in [0.4, 0.5) is 11.6 Å². The summed E-state index contributed by atoms with van der Waals surface area (Å²) in [5.74, 6) is 1.84. The molecule has 0 spiro atoms. The van der Waals surface area contributed by atoms with Gasteiger partial charge in [0.05, 0.1) is 5.56 Å². The van der Waals surface area contributed by atoms with E-state index in [0.717, 1.165) is 49.9 Å². The first-order chi connectivity index (χ1) is 11.8. The Morgan fingerprint density at radius 3 is 2.50 bits per heavy atom. The number of aromatic nitrogens is 5. The fraction of sp³-hybridized carbons (Fsp3) is 0.312. The van der Waals surface area contributed by atoms with Gasteiger partial charge in [0.1, 0.15) is 24.0 Å². The maximum absolute atomic E-state index is 8.88. The fourth-order valence-corrected chi connectivity index (χ4v) is 2.90. The molecular formula is C16H16N8. The second-order valence-electron chi connectivity index (χ2n) is 5.67. The predicted molar refractivity (Wildman–Crippen MR) is 88.8 cm³/mol. The molecule has 3 aromatic rings. The molecule has 4 rings (SSSR count). The number of nitriles is 1. The van der Waals surface area contributed by atoms with Gasteiger partial charge in [0, 0.05) is 32.4 Å². The minimum absolute atomic E-state index is 0.585. The SMILES string of the molecule is N#Cc1ccc(N2CCCN(c3ccc4nncn4n3)CC2)nc1. The van der Waals surface area contributed by atoms with E-state index in [4.69, 9.17) is 5.26 Å². The van der Waals surface area contributed by atoms with Crippen LogP contribution in [0.2, 0.25) is 0 Å². The lowest BCUT2D eigenvalue weighted by Crippen LogP contribution is -2.31. The average molecular weight is 320 g/mol. The highest BCUT2D eigenvalue weighted by Gasteiger charge is 2.17. The number of hydrogen-bond acceptors (Lipinski definition) is 7. The summed E-state index contributed by atoms with van der Waals surface area (Å²) in [5, 5.41) is 21.3. The fourth-order valence-electron chi connectivity index (χ4n) is 2.90. The number of hydrogen-bond donors (Lipinski definition) is 0. The summed E-state index contributed by atoms with van der Waals surface area (Å²) in [6.45, 7) is 3.60. The first-order valence-electron chi connectivity index (χ1n) is 7.86. The number of pyridine rings is 1. The predicted octanol–water partition coefficient (Wildman–Crippen LogP) is 1.11. The van der Waals surface area contributed by atoms with Gasteiger partial charge in [0.25, 0.3) is 0 Å². The van der Waals surface area contributed by atoms with Crippen LogP contribution < -0.4 is 9.80 Å². The number of anilines is 2. The van der Waals surface area contributed by atoms with Crippen LogP contribution >= 0.6 is 0 Å². The molecule has 0 N–H and O–H groups in total. The van der Waals surface area contributed by atoms with Gasteiger partial charge in [-0.15, -0.1) is 15.3 Å². The van der Waals surface area contributed by atoms with Crippen molar-refractivity contribution in [2.75, 3.05) is 36.0 Å². The van der Waals surface area contributed by atoms with Gasteiger partial charge in [0.15, 0.2) is 5.65 Å². The van der Waals surface area contributed by atoms with E-state index in [2.05, 4.69) is 36.1 Å². The molecule has 3 aromatic heterocycles. The summed E-state index contributed by atoms with van der Waals surface area (Å²) in [5.41, 5.74) is 1.33. The van der Waals surface area contributed by atoms with Gasteiger partial charge >= 0.3 is 0 Å². The lowest BCUT2D eigenvalue weighted by molar-refractivity contribution is 0.775. The average Bonchev–Trinajstić information content (AvgIpc) is 2.96. The molecule has 1 aliphatic heterocycles. The van der Waals surface area contributed by atoms with Gasteiger partial charge in [-0.25, -0.2) is 4.98 Å². The van der Waals surface area contributed by atoms with Crippen molar-refractivity contribution >= 4 is 17.3 Å². The van der Waals surface area contributed by atoms with Crippen LogP contribution in [-0.2, 0) is 0 Å². The molecule has 0 aliphatic carbocycles. The lowest BCUT2D eigenvalue weighted by atomic mass is 10.3. The molecule has 0 atom stereocenters. The summed E-state index contributed by atoms with van der Waals surface area (Å²) in [4.78, 5) is 8.91.